The summed E-state index contributed by atoms with van der Waals surface area (Å²) in [7, 11) is 0. The van der Waals surface area contributed by atoms with Crippen molar-refractivity contribution in [2.45, 2.75) is 219 Å². The van der Waals surface area contributed by atoms with Crippen LogP contribution in [-0.4, -0.2) is 67.6 Å². The highest BCUT2D eigenvalue weighted by atomic mass is 16.6. The second kappa shape index (κ2) is 21.9. The molecule has 4 aliphatic carbocycles. The Morgan fingerprint density at radius 1 is 0.698 bits per heavy atom. The molecule has 1 heterocycles. The maximum atomic E-state index is 12.0. The summed E-state index contributed by atoms with van der Waals surface area (Å²) < 4.78 is 5.98. The van der Waals surface area contributed by atoms with Crippen molar-refractivity contribution in [2.75, 3.05) is 0 Å². The first-order valence-corrected chi connectivity index (χ1v) is 24.2. The van der Waals surface area contributed by atoms with Crippen molar-refractivity contribution in [1.29, 1.82) is 0 Å². The zero-order valence-electron chi connectivity index (χ0n) is 43.7. The van der Waals surface area contributed by atoms with Gasteiger partial charge in [0.2, 0.25) is 0 Å². The molecular weight excluding hydrogens is 785 g/mol. The Balaban J connectivity index is 0.000000289. The molecule has 5 aliphatic rings. The predicted molar refractivity (Wildman–Crippen MR) is 263 cm³/mol. The van der Waals surface area contributed by atoms with Crippen molar-refractivity contribution in [3.05, 3.63) is 70.4 Å². The SMILES string of the molecule is CC(C)C(=O)C[C@@]12O[C@]1(C)C[C@@H](O)CC2(C)C.CC1=C(/C=C/C(C)C)C(C)(C)C[C@H](O)C1.CC1=C(/C=C/C(C)C)C(C)(C)C[C@H](O)C1=O.CC1=C[C@H](O)CC(C)(C)[C@H]1/C=C/C(C)C. The summed E-state index contributed by atoms with van der Waals surface area (Å²) in [5.74, 6) is 2.33. The Kier molecular flexibility index (Phi) is 19.7. The number of epoxide rings is 1. The standard InChI is InChI=1S/C14H24O3.C14H22O2.2C14H24O/c1-9(2)11(16)8-14-12(3,4)6-10(15)7-13(14,5)17-14;1-9(2)6-7-11-10(3)13(16)12(15)8-14(11,4)5;2*1-10(2)6-7-13-11(3)8-12(15)9-14(13,4)5/h9-10,15H,6-8H2,1-5H3;6-7,9,12,15H,8H2,1-5H3;6-7,10,12,15H,8-9H2,1-5H3;6-8,10,12-13,15H,9H2,1-5H3/b;3*7-6+/t10-,13+,14-;2*12-;12-,13-/m0010/s1. The van der Waals surface area contributed by atoms with E-state index in [-0.39, 0.29) is 68.7 Å². The molecule has 1 saturated heterocycles. The number of ether oxygens (including phenoxy) is 1. The summed E-state index contributed by atoms with van der Waals surface area (Å²) in [6.07, 6.45) is 18.6. The van der Waals surface area contributed by atoms with Crippen LogP contribution >= 0.6 is 0 Å². The van der Waals surface area contributed by atoms with Gasteiger partial charge in [0.1, 0.15) is 17.5 Å². The largest absolute Gasteiger partial charge is 0.393 e. The lowest BCUT2D eigenvalue weighted by Gasteiger charge is -2.40. The smallest absolute Gasteiger partial charge is 0.187 e. The van der Waals surface area contributed by atoms with Crippen molar-refractivity contribution in [3.8, 4) is 0 Å². The van der Waals surface area contributed by atoms with Crippen molar-refractivity contribution in [2.24, 2.45) is 51.2 Å². The van der Waals surface area contributed by atoms with Crippen molar-refractivity contribution < 1.29 is 34.8 Å². The van der Waals surface area contributed by atoms with Gasteiger partial charge in [0, 0.05) is 24.7 Å². The fourth-order valence-electron chi connectivity index (χ4n) is 10.8. The molecule has 63 heavy (non-hydrogen) atoms. The maximum Gasteiger partial charge on any atom is 0.187 e. The Morgan fingerprint density at radius 3 is 1.67 bits per heavy atom. The average Bonchev–Trinajstić information content (AvgIpc) is 3.70. The number of fused-ring (bicyclic) bond motifs is 1. The van der Waals surface area contributed by atoms with E-state index in [0.717, 1.165) is 24.8 Å². The Labute approximate surface area is 385 Å². The molecule has 7 atom stereocenters. The van der Waals surface area contributed by atoms with E-state index in [2.05, 4.69) is 141 Å². The molecule has 360 valence electrons. The van der Waals surface area contributed by atoms with Crippen LogP contribution in [0.3, 0.4) is 0 Å². The lowest BCUT2D eigenvalue weighted by Crippen LogP contribution is -2.48. The van der Waals surface area contributed by atoms with Crippen LogP contribution in [0.5, 0.6) is 0 Å². The second-order valence-electron chi connectivity index (χ2n) is 24.0. The van der Waals surface area contributed by atoms with Crippen LogP contribution in [0.2, 0.25) is 0 Å². The molecule has 0 bridgehead atoms. The van der Waals surface area contributed by atoms with E-state index in [1.54, 1.807) is 0 Å². The number of ketones is 2. The molecule has 0 aromatic rings. The van der Waals surface area contributed by atoms with Gasteiger partial charge in [0.25, 0.3) is 0 Å². The fraction of sp³-hybridized carbons (Fsp3) is 0.750. The van der Waals surface area contributed by atoms with Gasteiger partial charge >= 0.3 is 0 Å². The van der Waals surface area contributed by atoms with Gasteiger partial charge in [-0.1, -0.05) is 164 Å². The number of hydrogen-bond acceptors (Lipinski definition) is 7. The molecule has 2 fully saturated rings. The van der Waals surface area contributed by atoms with E-state index in [1.165, 1.54) is 16.7 Å². The van der Waals surface area contributed by atoms with Crippen LogP contribution in [0.25, 0.3) is 0 Å². The zero-order valence-corrected chi connectivity index (χ0v) is 43.7. The normalized spacial score (nSPS) is 32.0. The van der Waals surface area contributed by atoms with Crippen LogP contribution in [0.15, 0.2) is 70.4 Å². The summed E-state index contributed by atoms with van der Waals surface area (Å²) in [5.41, 5.74) is 5.22. The summed E-state index contributed by atoms with van der Waals surface area (Å²) in [4.78, 5) is 23.7. The van der Waals surface area contributed by atoms with E-state index in [1.807, 2.05) is 39.8 Å². The van der Waals surface area contributed by atoms with Crippen LogP contribution in [0, 0.1) is 51.2 Å². The Morgan fingerprint density at radius 2 is 1.21 bits per heavy atom. The third-order valence-corrected chi connectivity index (χ3v) is 14.2. The molecule has 0 radical (unpaired) electrons. The lowest BCUT2D eigenvalue weighted by molar-refractivity contribution is -0.126. The van der Waals surface area contributed by atoms with Gasteiger partial charge in [-0.25, -0.2) is 0 Å². The van der Waals surface area contributed by atoms with Gasteiger partial charge in [-0.05, 0) is 116 Å². The number of rotatable bonds is 9. The molecule has 1 aliphatic heterocycles. The van der Waals surface area contributed by atoms with Crippen molar-refractivity contribution in [3.63, 3.8) is 0 Å². The molecule has 0 spiro atoms. The third-order valence-electron chi connectivity index (χ3n) is 14.2. The topological polar surface area (TPSA) is 128 Å². The molecule has 1 saturated carbocycles. The van der Waals surface area contributed by atoms with E-state index in [0.29, 0.717) is 54.9 Å². The maximum absolute atomic E-state index is 12.0. The third kappa shape index (κ3) is 15.0. The van der Waals surface area contributed by atoms with Gasteiger partial charge in [-0.3, -0.25) is 9.59 Å². The second-order valence-corrected chi connectivity index (χ2v) is 24.0. The first-order valence-electron chi connectivity index (χ1n) is 24.2. The molecular formula is C56H94O7. The molecule has 0 amide bonds. The number of hydrogen-bond donors (Lipinski definition) is 4. The van der Waals surface area contributed by atoms with Crippen molar-refractivity contribution >= 4 is 11.6 Å². The van der Waals surface area contributed by atoms with E-state index in [4.69, 9.17) is 4.74 Å². The number of Topliss-reactive ketones (excluding diaryl/α,β-unsaturated/α-hetero) is 2. The quantitative estimate of drug-likeness (QED) is 0.134. The number of aliphatic hydroxyl groups is 4. The molecule has 4 N–H and O–H groups in total. The first-order chi connectivity index (χ1) is 28.5. The molecule has 0 aromatic carbocycles. The van der Waals surface area contributed by atoms with E-state index >= 15 is 0 Å². The molecule has 5 rings (SSSR count). The Bertz CT molecular complexity index is 1760. The van der Waals surface area contributed by atoms with E-state index < -0.39 is 6.10 Å². The summed E-state index contributed by atoms with van der Waals surface area (Å²) in [5, 5.41) is 39.0. The summed E-state index contributed by atoms with van der Waals surface area (Å²) in [6, 6.07) is 0. The van der Waals surface area contributed by atoms with Crippen LogP contribution in [-0.2, 0) is 14.3 Å². The highest BCUT2D eigenvalue weighted by Crippen LogP contribution is 2.67. The number of allylic oxidation sites excluding steroid dienone is 9. The molecule has 0 unspecified atom stereocenters. The van der Waals surface area contributed by atoms with Gasteiger partial charge in [0.15, 0.2) is 5.78 Å². The Hall–Kier alpha value is -2.42. The van der Waals surface area contributed by atoms with Crippen LogP contribution in [0.1, 0.15) is 183 Å². The molecule has 7 nitrogen and oxygen atoms in total. The summed E-state index contributed by atoms with van der Waals surface area (Å²) >= 11 is 0. The van der Waals surface area contributed by atoms with Crippen molar-refractivity contribution in [1.82, 2.24) is 0 Å². The van der Waals surface area contributed by atoms with Gasteiger partial charge < -0.3 is 25.2 Å². The van der Waals surface area contributed by atoms with E-state index in [9.17, 15) is 30.0 Å². The number of carbonyl (C=O) groups excluding carboxylic acids is 2. The zero-order chi connectivity index (χ0) is 48.8. The van der Waals surface area contributed by atoms with Gasteiger partial charge in [-0.2, -0.15) is 0 Å². The van der Waals surface area contributed by atoms with Crippen LogP contribution < -0.4 is 0 Å². The predicted octanol–water partition coefficient (Wildman–Crippen LogP) is 12.4. The average molecular weight is 879 g/mol. The summed E-state index contributed by atoms with van der Waals surface area (Å²) in [6.45, 7) is 42.3. The number of carbonyl (C=O) groups is 2. The number of aliphatic hydroxyl groups excluding tert-OH is 4. The fourth-order valence-corrected chi connectivity index (χ4v) is 10.8. The minimum absolute atomic E-state index is 0.0560. The molecule has 0 aromatic heterocycles. The molecule has 7 heteroatoms. The highest BCUT2D eigenvalue weighted by Gasteiger charge is 2.76. The minimum atomic E-state index is -0.828. The first kappa shape index (κ1) is 56.7. The van der Waals surface area contributed by atoms with Crippen LogP contribution in [0.4, 0.5) is 0 Å². The monoisotopic (exact) mass is 879 g/mol. The highest BCUT2D eigenvalue weighted by molar-refractivity contribution is 6.00. The lowest BCUT2D eigenvalue weighted by atomic mass is 9.61. The van der Waals surface area contributed by atoms with Gasteiger partial charge in [0.05, 0.1) is 23.9 Å². The van der Waals surface area contributed by atoms with Gasteiger partial charge in [-0.15, -0.1) is 0 Å². The minimum Gasteiger partial charge on any atom is -0.393 e.